The average Bonchev–Trinajstić information content (AvgIpc) is 2.46. The molecule has 1 aromatic rings. The molecule has 0 saturated carbocycles. The Morgan fingerprint density at radius 1 is 0.950 bits per heavy atom. The Balaban J connectivity index is 2.10. The van der Waals surface area contributed by atoms with E-state index in [-0.39, 0.29) is 0 Å². The van der Waals surface area contributed by atoms with Crippen LogP contribution >= 0.6 is 0 Å². The molecule has 0 heterocycles. The summed E-state index contributed by atoms with van der Waals surface area (Å²) < 4.78 is 5.78. The van der Waals surface area contributed by atoms with Crippen LogP contribution in [0.5, 0.6) is 5.75 Å². The number of benzene rings is 1. The van der Waals surface area contributed by atoms with Gasteiger partial charge >= 0.3 is 0 Å². The van der Waals surface area contributed by atoms with Crippen LogP contribution in [0.1, 0.15) is 76.9 Å². The third-order valence-corrected chi connectivity index (χ3v) is 3.62. The van der Waals surface area contributed by atoms with Crippen molar-refractivity contribution in [1.29, 1.82) is 0 Å². The van der Waals surface area contributed by atoms with Crippen LogP contribution in [-0.4, -0.2) is 11.7 Å². The summed E-state index contributed by atoms with van der Waals surface area (Å²) in [5.41, 5.74) is 0.882. The highest BCUT2D eigenvalue weighted by molar-refractivity contribution is 5.34. The molecule has 0 radical (unpaired) electrons. The van der Waals surface area contributed by atoms with E-state index in [2.05, 4.69) is 6.92 Å². The molecule has 1 rings (SSSR count). The summed E-state index contributed by atoms with van der Waals surface area (Å²) in [5.74, 6) is 0.824. The molecular formula is C18H30O2. The van der Waals surface area contributed by atoms with Crippen LogP contribution in [0.2, 0.25) is 0 Å². The molecule has 2 nitrogen and oxygen atoms in total. The minimum Gasteiger partial charge on any atom is -0.493 e. The maximum Gasteiger partial charge on any atom is 0.125 e. The molecule has 0 aliphatic heterocycles. The summed E-state index contributed by atoms with van der Waals surface area (Å²) in [6.45, 7) is 4.78. The highest BCUT2D eigenvalue weighted by atomic mass is 16.5. The van der Waals surface area contributed by atoms with Crippen LogP contribution in [-0.2, 0) is 0 Å². The summed E-state index contributed by atoms with van der Waals surface area (Å²) in [7, 11) is 0. The fourth-order valence-electron chi connectivity index (χ4n) is 2.38. The summed E-state index contributed by atoms with van der Waals surface area (Å²) in [6, 6.07) is 7.75. The first-order valence-corrected chi connectivity index (χ1v) is 8.15. The number of aliphatic hydroxyl groups excluding tert-OH is 1. The molecule has 0 amide bonds. The molecular weight excluding hydrogens is 248 g/mol. The second-order valence-electron chi connectivity index (χ2n) is 5.54. The molecule has 114 valence electrons. The number of hydrogen-bond acceptors (Lipinski definition) is 2. The quantitative estimate of drug-likeness (QED) is 0.559. The molecule has 0 bridgehead atoms. The van der Waals surface area contributed by atoms with Crippen molar-refractivity contribution in [3.8, 4) is 5.75 Å². The zero-order chi connectivity index (χ0) is 14.6. The van der Waals surface area contributed by atoms with Gasteiger partial charge in [0.1, 0.15) is 5.75 Å². The van der Waals surface area contributed by atoms with E-state index < -0.39 is 6.10 Å². The second kappa shape index (κ2) is 10.7. The monoisotopic (exact) mass is 278 g/mol. The van der Waals surface area contributed by atoms with E-state index in [4.69, 9.17) is 4.74 Å². The van der Waals surface area contributed by atoms with Gasteiger partial charge in [-0.1, -0.05) is 70.1 Å². The van der Waals surface area contributed by atoms with Gasteiger partial charge in [0.05, 0.1) is 12.7 Å². The predicted octanol–water partition coefficient (Wildman–Crippen LogP) is 5.26. The van der Waals surface area contributed by atoms with E-state index in [1.54, 1.807) is 6.92 Å². The maximum absolute atomic E-state index is 9.67. The van der Waals surface area contributed by atoms with Gasteiger partial charge in [0.15, 0.2) is 0 Å². The molecule has 2 heteroatoms. The summed E-state index contributed by atoms with van der Waals surface area (Å²) >= 11 is 0. The number of rotatable bonds is 11. The molecule has 1 N–H and O–H groups in total. The lowest BCUT2D eigenvalue weighted by molar-refractivity contribution is 0.190. The minimum absolute atomic E-state index is 0.468. The zero-order valence-electron chi connectivity index (χ0n) is 13.1. The van der Waals surface area contributed by atoms with E-state index in [1.807, 2.05) is 24.3 Å². The average molecular weight is 278 g/mol. The highest BCUT2D eigenvalue weighted by Crippen LogP contribution is 2.24. The van der Waals surface area contributed by atoms with Gasteiger partial charge in [-0.05, 0) is 19.4 Å². The highest BCUT2D eigenvalue weighted by Gasteiger charge is 2.07. The second-order valence-corrected chi connectivity index (χ2v) is 5.54. The van der Waals surface area contributed by atoms with Crippen LogP contribution < -0.4 is 4.74 Å². The molecule has 0 saturated heterocycles. The fraction of sp³-hybridized carbons (Fsp3) is 0.667. The van der Waals surface area contributed by atoms with Crippen molar-refractivity contribution in [2.24, 2.45) is 0 Å². The van der Waals surface area contributed by atoms with Crippen molar-refractivity contribution in [3.05, 3.63) is 29.8 Å². The molecule has 1 atom stereocenters. The molecule has 0 aromatic heterocycles. The SMILES string of the molecule is CCCCCCCCCCOc1ccccc1[C@H](C)O. The van der Waals surface area contributed by atoms with Crippen molar-refractivity contribution in [3.63, 3.8) is 0 Å². The Hall–Kier alpha value is -1.02. The molecule has 0 aliphatic rings. The molecule has 20 heavy (non-hydrogen) atoms. The van der Waals surface area contributed by atoms with Gasteiger partial charge in [0, 0.05) is 5.56 Å². The number of unbranched alkanes of at least 4 members (excludes halogenated alkanes) is 7. The lowest BCUT2D eigenvalue weighted by atomic mass is 10.1. The van der Waals surface area contributed by atoms with Gasteiger partial charge < -0.3 is 9.84 Å². The number of ether oxygens (including phenoxy) is 1. The largest absolute Gasteiger partial charge is 0.493 e. The van der Waals surface area contributed by atoms with E-state index in [0.717, 1.165) is 24.3 Å². The lowest BCUT2D eigenvalue weighted by Crippen LogP contribution is -2.02. The molecule has 0 aliphatic carbocycles. The maximum atomic E-state index is 9.67. The van der Waals surface area contributed by atoms with Gasteiger partial charge in [0.2, 0.25) is 0 Å². The smallest absolute Gasteiger partial charge is 0.125 e. The number of hydrogen-bond donors (Lipinski definition) is 1. The summed E-state index contributed by atoms with van der Waals surface area (Å²) in [5, 5.41) is 9.67. The van der Waals surface area contributed by atoms with Crippen molar-refractivity contribution in [2.75, 3.05) is 6.61 Å². The third-order valence-electron chi connectivity index (χ3n) is 3.62. The Bertz CT molecular complexity index is 347. The minimum atomic E-state index is -0.468. The zero-order valence-corrected chi connectivity index (χ0v) is 13.1. The summed E-state index contributed by atoms with van der Waals surface area (Å²) in [6.07, 6.45) is 9.98. The normalized spacial score (nSPS) is 12.3. The topological polar surface area (TPSA) is 29.5 Å². The first-order valence-electron chi connectivity index (χ1n) is 8.15. The molecule has 1 aromatic carbocycles. The molecule has 0 spiro atoms. The summed E-state index contributed by atoms with van der Waals surface area (Å²) in [4.78, 5) is 0. The van der Waals surface area contributed by atoms with Crippen LogP contribution in [0.4, 0.5) is 0 Å². The standard InChI is InChI=1S/C18H30O2/c1-3-4-5-6-7-8-9-12-15-20-18-14-11-10-13-17(18)16(2)19/h10-11,13-14,16,19H,3-9,12,15H2,1-2H3/t16-/m0/s1. The Morgan fingerprint density at radius 3 is 2.20 bits per heavy atom. The third kappa shape index (κ3) is 6.95. The van der Waals surface area contributed by atoms with Gasteiger partial charge in [-0.25, -0.2) is 0 Å². The Labute approximate surface area is 124 Å². The van der Waals surface area contributed by atoms with E-state index >= 15 is 0 Å². The van der Waals surface area contributed by atoms with Crippen molar-refractivity contribution < 1.29 is 9.84 Å². The van der Waals surface area contributed by atoms with Crippen molar-refractivity contribution in [1.82, 2.24) is 0 Å². The van der Waals surface area contributed by atoms with Crippen molar-refractivity contribution in [2.45, 2.75) is 71.3 Å². The lowest BCUT2D eigenvalue weighted by Gasteiger charge is -2.13. The fourth-order valence-corrected chi connectivity index (χ4v) is 2.38. The van der Waals surface area contributed by atoms with Crippen LogP contribution in [0, 0.1) is 0 Å². The van der Waals surface area contributed by atoms with Gasteiger partial charge in [0.25, 0.3) is 0 Å². The number of aliphatic hydroxyl groups is 1. The van der Waals surface area contributed by atoms with E-state index in [0.29, 0.717) is 0 Å². The van der Waals surface area contributed by atoms with Crippen LogP contribution in [0.25, 0.3) is 0 Å². The Kier molecular flexibility index (Phi) is 9.14. The van der Waals surface area contributed by atoms with Gasteiger partial charge in [-0.15, -0.1) is 0 Å². The molecule has 0 unspecified atom stereocenters. The van der Waals surface area contributed by atoms with E-state index in [9.17, 15) is 5.11 Å². The van der Waals surface area contributed by atoms with E-state index in [1.165, 1.54) is 44.9 Å². The van der Waals surface area contributed by atoms with Gasteiger partial charge in [-0.3, -0.25) is 0 Å². The Morgan fingerprint density at radius 2 is 1.55 bits per heavy atom. The van der Waals surface area contributed by atoms with Crippen LogP contribution in [0.15, 0.2) is 24.3 Å². The molecule has 0 fully saturated rings. The first-order chi connectivity index (χ1) is 9.75. The predicted molar refractivity (Wildman–Crippen MR) is 85.2 cm³/mol. The van der Waals surface area contributed by atoms with Crippen molar-refractivity contribution >= 4 is 0 Å². The number of para-hydroxylation sites is 1. The van der Waals surface area contributed by atoms with Crippen LogP contribution in [0.3, 0.4) is 0 Å². The van der Waals surface area contributed by atoms with Gasteiger partial charge in [-0.2, -0.15) is 0 Å². The first kappa shape index (κ1) is 17.0.